The van der Waals surface area contributed by atoms with E-state index in [0.717, 1.165) is 63.3 Å². The molecule has 2 saturated heterocycles. The van der Waals surface area contributed by atoms with E-state index in [1.807, 2.05) is 0 Å². The number of piperidine rings is 1. The van der Waals surface area contributed by atoms with Crippen molar-refractivity contribution in [2.24, 2.45) is 5.92 Å². The van der Waals surface area contributed by atoms with Crippen LogP contribution in [-0.4, -0.2) is 59.7 Å². The van der Waals surface area contributed by atoms with Gasteiger partial charge in [-0.15, -0.1) is 0 Å². The molecule has 0 amide bonds. The molecule has 0 aromatic carbocycles. The number of aliphatic hydroxyl groups is 1. The summed E-state index contributed by atoms with van der Waals surface area (Å²) in [5.41, 5.74) is 0.968. The molecule has 1 aromatic rings. The Morgan fingerprint density at radius 3 is 2.85 bits per heavy atom. The van der Waals surface area contributed by atoms with Crippen molar-refractivity contribution in [2.45, 2.75) is 83.6 Å². The van der Waals surface area contributed by atoms with E-state index >= 15 is 0 Å². The zero-order valence-corrected chi connectivity index (χ0v) is 17.0. The van der Waals surface area contributed by atoms with Gasteiger partial charge in [0.15, 0.2) is 5.76 Å². The Hall–Kier alpha value is -0.950. The maximum Gasteiger partial charge on any atom is 0.150 e. The topological polar surface area (TPSA) is 70.8 Å². The summed E-state index contributed by atoms with van der Waals surface area (Å²) in [6.45, 7) is 9.31. The summed E-state index contributed by atoms with van der Waals surface area (Å²) in [7, 11) is 0. The van der Waals surface area contributed by atoms with E-state index in [-0.39, 0.29) is 18.3 Å². The smallest absolute Gasteiger partial charge is 0.150 e. The SMILES string of the molecule is CC(C)CCNC[C@H]1O[C@H](Cc2cc(CN3CCCCC3)on2)CC[C@@H]1O. The van der Waals surface area contributed by atoms with Crippen molar-refractivity contribution >= 4 is 0 Å². The second kappa shape index (κ2) is 10.6. The summed E-state index contributed by atoms with van der Waals surface area (Å²) in [4.78, 5) is 2.44. The Morgan fingerprint density at radius 1 is 1.26 bits per heavy atom. The van der Waals surface area contributed by atoms with Gasteiger partial charge >= 0.3 is 0 Å². The summed E-state index contributed by atoms with van der Waals surface area (Å²) < 4.78 is 11.7. The molecule has 3 atom stereocenters. The average molecular weight is 380 g/mol. The van der Waals surface area contributed by atoms with Gasteiger partial charge in [0.05, 0.1) is 30.6 Å². The molecule has 27 heavy (non-hydrogen) atoms. The minimum absolute atomic E-state index is 0.109. The fourth-order valence-corrected chi connectivity index (χ4v) is 4.02. The Bertz CT molecular complexity index is 543. The van der Waals surface area contributed by atoms with Crippen LogP contribution in [0, 0.1) is 5.92 Å². The van der Waals surface area contributed by atoms with Gasteiger partial charge in [0.1, 0.15) is 0 Å². The summed E-state index contributed by atoms with van der Waals surface area (Å²) in [5, 5.41) is 17.9. The van der Waals surface area contributed by atoms with E-state index in [1.165, 1.54) is 19.3 Å². The number of aromatic nitrogens is 1. The number of nitrogens with one attached hydrogen (secondary N) is 1. The average Bonchev–Trinajstić information content (AvgIpc) is 3.08. The Morgan fingerprint density at radius 2 is 2.07 bits per heavy atom. The zero-order chi connectivity index (χ0) is 19.1. The van der Waals surface area contributed by atoms with Crippen LogP contribution in [0.15, 0.2) is 10.6 Å². The third-order valence-electron chi connectivity index (χ3n) is 5.70. The van der Waals surface area contributed by atoms with Crippen LogP contribution in [0.5, 0.6) is 0 Å². The monoisotopic (exact) mass is 379 g/mol. The summed E-state index contributed by atoms with van der Waals surface area (Å²) >= 11 is 0. The fraction of sp³-hybridized carbons (Fsp3) is 0.857. The second-order valence-corrected chi connectivity index (χ2v) is 8.65. The van der Waals surface area contributed by atoms with E-state index in [2.05, 4.69) is 35.3 Å². The third-order valence-corrected chi connectivity index (χ3v) is 5.70. The van der Waals surface area contributed by atoms with Gasteiger partial charge in [0, 0.05) is 19.0 Å². The number of aliphatic hydroxyl groups excluding tert-OH is 1. The van der Waals surface area contributed by atoms with Crippen molar-refractivity contribution < 1.29 is 14.4 Å². The van der Waals surface area contributed by atoms with Crippen molar-refractivity contribution in [3.63, 3.8) is 0 Å². The number of likely N-dealkylation sites (tertiary alicyclic amines) is 1. The molecule has 3 rings (SSSR count). The molecule has 0 bridgehead atoms. The quantitative estimate of drug-likeness (QED) is 0.643. The second-order valence-electron chi connectivity index (χ2n) is 8.65. The number of hydrogen-bond donors (Lipinski definition) is 2. The number of hydrogen-bond acceptors (Lipinski definition) is 6. The third kappa shape index (κ3) is 6.86. The number of nitrogens with zero attached hydrogens (tertiary/aromatic N) is 2. The minimum atomic E-state index is -0.375. The maximum absolute atomic E-state index is 10.2. The molecular weight excluding hydrogens is 342 g/mol. The van der Waals surface area contributed by atoms with Crippen molar-refractivity contribution in [1.29, 1.82) is 0 Å². The van der Waals surface area contributed by atoms with Gasteiger partial charge in [0.25, 0.3) is 0 Å². The molecule has 0 radical (unpaired) electrons. The first kappa shape index (κ1) is 20.8. The van der Waals surface area contributed by atoms with E-state index in [4.69, 9.17) is 9.26 Å². The Labute approximate surface area is 163 Å². The number of rotatable bonds is 9. The van der Waals surface area contributed by atoms with Crippen molar-refractivity contribution in [3.8, 4) is 0 Å². The molecular formula is C21H37N3O3. The van der Waals surface area contributed by atoms with Crippen LogP contribution in [0.2, 0.25) is 0 Å². The molecule has 1 aromatic heterocycles. The normalized spacial score (nSPS) is 27.3. The molecule has 2 N–H and O–H groups in total. The maximum atomic E-state index is 10.2. The van der Waals surface area contributed by atoms with Gasteiger partial charge in [-0.05, 0) is 57.7 Å². The molecule has 0 aliphatic carbocycles. The highest BCUT2D eigenvalue weighted by Gasteiger charge is 2.30. The fourth-order valence-electron chi connectivity index (χ4n) is 4.02. The highest BCUT2D eigenvalue weighted by atomic mass is 16.5. The summed E-state index contributed by atoms with van der Waals surface area (Å²) in [5.74, 6) is 1.64. The molecule has 6 heteroatoms. The van der Waals surface area contributed by atoms with E-state index in [1.54, 1.807) is 0 Å². The standard InChI is InChI=1S/C21H37N3O3/c1-16(2)8-9-22-14-21-20(25)7-6-18(26-21)12-17-13-19(27-23-17)15-24-10-4-3-5-11-24/h13,16,18,20-22,25H,3-12,14-15H2,1-2H3/t18-,20-,21+/m0/s1. The molecule has 154 valence electrons. The first-order valence-corrected chi connectivity index (χ1v) is 10.8. The largest absolute Gasteiger partial charge is 0.390 e. The van der Waals surface area contributed by atoms with Gasteiger partial charge in [0.2, 0.25) is 0 Å². The van der Waals surface area contributed by atoms with E-state index in [9.17, 15) is 5.11 Å². The first-order valence-electron chi connectivity index (χ1n) is 10.8. The highest BCUT2D eigenvalue weighted by Crippen LogP contribution is 2.23. The lowest BCUT2D eigenvalue weighted by atomic mass is 9.98. The number of ether oxygens (including phenoxy) is 1. The van der Waals surface area contributed by atoms with Crippen LogP contribution >= 0.6 is 0 Å². The zero-order valence-electron chi connectivity index (χ0n) is 17.0. The van der Waals surface area contributed by atoms with E-state index < -0.39 is 0 Å². The van der Waals surface area contributed by atoms with Gasteiger partial charge in [-0.1, -0.05) is 25.4 Å². The Kier molecular flexibility index (Phi) is 8.12. The lowest BCUT2D eigenvalue weighted by Crippen LogP contribution is -2.45. The van der Waals surface area contributed by atoms with Crippen molar-refractivity contribution in [3.05, 3.63) is 17.5 Å². The predicted octanol–water partition coefficient (Wildman–Crippen LogP) is 2.75. The van der Waals surface area contributed by atoms with Gasteiger partial charge < -0.3 is 19.7 Å². The van der Waals surface area contributed by atoms with Gasteiger partial charge in [-0.25, -0.2) is 0 Å². The highest BCUT2D eigenvalue weighted by molar-refractivity contribution is 5.07. The lowest BCUT2D eigenvalue weighted by Gasteiger charge is -2.34. The molecule has 2 aliphatic heterocycles. The summed E-state index contributed by atoms with van der Waals surface area (Å²) in [6.07, 6.45) is 7.09. The van der Waals surface area contributed by atoms with Crippen LogP contribution in [0.3, 0.4) is 0 Å². The summed E-state index contributed by atoms with van der Waals surface area (Å²) in [6, 6.07) is 2.08. The van der Waals surface area contributed by atoms with Crippen molar-refractivity contribution in [2.75, 3.05) is 26.2 Å². The minimum Gasteiger partial charge on any atom is -0.390 e. The molecule has 6 nitrogen and oxygen atoms in total. The van der Waals surface area contributed by atoms with Gasteiger partial charge in [-0.3, -0.25) is 4.90 Å². The van der Waals surface area contributed by atoms with Crippen molar-refractivity contribution in [1.82, 2.24) is 15.4 Å². The van der Waals surface area contributed by atoms with Crippen LogP contribution < -0.4 is 5.32 Å². The first-order chi connectivity index (χ1) is 13.1. The van der Waals surface area contributed by atoms with Crippen LogP contribution in [0.25, 0.3) is 0 Å². The Balaban J connectivity index is 1.43. The molecule has 2 fully saturated rings. The molecule has 2 aliphatic rings. The molecule has 0 saturated carbocycles. The van der Waals surface area contributed by atoms with Crippen LogP contribution in [0.1, 0.15) is 63.8 Å². The van der Waals surface area contributed by atoms with E-state index in [0.29, 0.717) is 12.5 Å². The predicted molar refractivity (Wildman–Crippen MR) is 106 cm³/mol. The lowest BCUT2D eigenvalue weighted by molar-refractivity contribution is -0.114. The van der Waals surface area contributed by atoms with Crippen LogP contribution in [0.4, 0.5) is 0 Å². The molecule has 0 unspecified atom stereocenters. The van der Waals surface area contributed by atoms with Crippen LogP contribution in [-0.2, 0) is 17.7 Å². The molecule has 3 heterocycles. The molecule has 0 spiro atoms. The van der Waals surface area contributed by atoms with Gasteiger partial charge in [-0.2, -0.15) is 0 Å².